The van der Waals surface area contributed by atoms with Crippen molar-refractivity contribution in [2.45, 2.75) is 0 Å². The summed E-state index contributed by atoms with van der Waals surface area (Å²) >= 11 is 0. The van der Waals surface area contributed by atoms with Crippen LogP contribution in [0, 0.1) is 15.9 Å². The summed E-state index contributed by atoms with van der Waals surface area (Å²) in [5.74, 6) is -2.40. The number of benzene rings is 1. The predicted molar refractivity (Wildman–Crippen MR) is 82.6 cm³/mol. The van der Waals surface area contributed by atoms with Gasteiger partial charge in [0.05, 0.1) is 18.7 Å². The van der Waals surface area contributed by atoms with Crippen LogP contribution in [-0.4, -0.2) is 30.4 Å². The number of methoxy groups -OCH3 is 1. The first-order valence-corrected chi connectivity index (χ1v) is 6.86. The van der Waals surface area contributed by atoms with Gasteiger partial charge in [0.2, 0.25) is 5.78 Å². The number of Topliss-reactive ketones (excluding diaryl/α,β-unsaturated/α-hetero) is 1. The van der Waals surface area contributed by atoms with Crippen LogP contribution in [0.2, 0.25) is 0 Å². The monoisotopic (exact) mass is 349 g/mol. The molecule has 0 radical (unpaired) electrons. The molecule has 2 rings (SSSR count). The van der Waals surface area contributed by atoms with Crippen LogP contribution in [0.1, 0.15) is 16.1 Å². The normalized spacial score (nSPS) is 10.6. The predicted octanol–water partition coefficient (Wildman–Crippen LogP) is 2.77. The second-order valence-electron chi connectivity index (χ2n) is 4.64. The molecule has 0 saturated carbocycles. The number of rotatable bonds is 7. The minimum Gasteiger partial charge on any atom is -0.496 e. The Morgan fingerprint density at radius 1 is 1.32 bits per heavy atom. The molecule has 1 aromatic heterocycles. The Balaban J connectivity index is 1.95. The van der Waals surface area contributed by atoms with Crippen molar-refractivity contribution in [3.8, 4) is 5.75 Å². The Morgan fingerprint density at radius 2 is 2.08 bits per heavy atom. The standard InChI is InChI=1S/C16H12FNO7/c1-23-14-5-2-10(17)8-12(14)13(19)9-24-16(20)7-4-11-3-6-15(25-11)18(21)22/h2-8H,9H2,1H3/b7-4+. The minimum absolute atomic E-state index is 0.0547. The Hall–Kier alpha value is -3.49. The third kappa shape index (κ3) is 4.74. The average molecular weight is 349 g/mol. The number of carbonyl (C=O) groups is 2. The molecule has 25 heavy (non-hydrogen) atoms. The van der Waals surface area contributed by atoms with Crippen molar-refractivity contribution in [3.63, 3.8) is 0 Å². The molecule has 0 fully saturated rings. The van der Waals surface area contributed by atoms with Gasteiger partial charge in [-0.2, -0.15) is 0 Å². The quantitative estimate of drug-likeness (QED) is 0.248. The topological polar surface area (TPSA) is 109 Å². The van der Waals surface area contributed by atoms with E-state index in [0.717, 1.165) is 30.4 Å². The Kier molecular flexibility index (Phi) is 5.62. The number of nitrogens with zero attached hydrogens (tertiary/aromatic N) is 1. The molecule has 0 aliphatic rings. The number of nitro groups is 1. The van der Waals surface area contributed by atoms with Crippen LogP contribution < -0.4 is 4.74 Å². The summed E-state index contributed by atoms with van der Waals surface area (Å²) < 4.78 is 27.7. The van der Waals surface area contributed by atoms with Crippen LogP contribution >= 0.6 is 0 Å². The van der Waals surface area contributed by atoms with E-state index in [1.807, 2.05) is 0 Å². The van der Waals surface area contributed by atoms with E-state index in [9.17, 15) is 24.1 Å². The second kappa shape index (κ2) is 7.86. The molecule has 9 heteroatoms. The van der Waals surface area contributed by atoms with E-state index >= 15 is 0 Å². The first-order valence-electron chi connectivity index (χ1n) is 6.86. The van der Waals surface area contributed by atoms with Gasteiger partial charge in [-0.05, 0) is 30.3 Å². The Morgan fingerprint density at radius 3 is 2.72 bits per heavy atom. The lowest BCUT2D eigenvalue weighted by Gasteiger charge is -2.07. The number of hydrogen-bond acceptors (Lipinski definition) is 7. The number of ketones is 1. The number of furan rings is 1. The number of ether oxygens (including phenoxy) is 2. The van der Waals surface area contributed by atoms with Crippen molar-refractivity contribution in [1.29, 1.82) is 0 Å². The smallest absolute Gasteiger partial charge is 0.433 e. The maximum atomic E-state index is 13.2. The molecular formula is C16H12FNO7. The van der Waals surface area contributed by atoms with Gasteiger partial charge in [-0.1, -0.05) is 0 Å². The second-order valence-corrected chi connectivity index (χ2v) is 4.64. The van der Waals surface area contributed by atoms with E-state index in [1.54, 1.807) is 0 Å². The van der Waals surface area contributed by atoms with Crippen LogP contribution in [-0.2, 0) is 9.53 Å². The number of halogens is 1. The summed E-state index contributed by atoms with van der Waals surface area (Å²) in [5, 5.41) is 10.5. The molecule has 130 valence electrons. The lowest BCUT2D eigenvalue weighted by atomic mass is 10.1. The average Bonchev–Trinajstić information content (AvgIpc) is 3.07. The molecule has 1 aromatic carbocycles. The van der Waals surface area contributed by atoms with E-state index in [2.05, 4.69) is 0 Å². The minimum atomic E-state index is -0.872. The largest absolute Gasteiger partial charge is 0.496 e. The maximum Gasteiger partial charge on any atom is 0.433 e. The summed E-state index contributed by atoms with van der Waals surface area (Å²) in [4.78, 5) is 33.3. The maximum absolute atomic E-state index is 13.2. The van der Waals surface area contributed by atoms with Crippen LogP contribution in [0.25, 0.3) is 6.08 Å². The number of esters is 1. The zero-order valence-corrected chi connectivity index (χ0v) is 12.9. The van der Waals surface area contributed by atoms with Gasteiger partial charge in [0.25, 0.3) is 0 Å². The highest BCUT2D eigenvalue weighted by molar-refractivity contribution is 6.01. The van der Waals surface area contributed by atoms with Crippen LogP contribution in [0.3, 0.4) is 0 Å². The summed E-state index contributed by atoms with van der Waals surface area (Å²) in [5.41, 5.74) is -0.0547. The van der Waals surface area contributed by atoms with E-state index < -0.39 is 35.0 Å². The van der Waals surface area contributed by atoms with Crippen molar-refractivity contribution < 1.29 is 32.8 Å². The molecular weight excluding hydrogens is 337 g/mol. The molecule has 0 aliphatic carbocycles. The van der Waals surface area contributed by atoms with Crippen molar-refractivity contribution in [2.24, 2.45) is 0 Å². The fraction of sp³-hybridized carbons (Fsp3) is 0.125. The van der Waals surface area contributed by atoms with Crippen molar-refractivity contribution >= 4 is 23.7 Å². The molecule has 0 bridgehead atoms. The zero-order valence-electron chi connectivity index (χ0n) is 12.9. The Bertz CT molecular complexity index is 841. The van der Waals surface area contributed by atoms with Gasteiger partial charge in [0.15, 0.2) is 6.61 Å². The molecule has 0 atom stereocenters. The molecule has 0 saturated heterocycles. The van der Waals surface area contributed by atoms with E-state index in [0.29, 0.717) is 0 Å². The third-order valence-corrected chi connectivity index (χ3v) is 2.98. The summed E-state index contributed by atoms with van der Waals surface area (Å²) in [6.07, 6.45) is 2.10. The summed E-state index contributed by atoms with van der Waals surface area (Å²) in [6.45, 7) is -0.624. The molecule has 8 nitrogen and oxygen atoms in total. The van der Waals surface area contributed by atoms with Crippen LogP contribution in [0.5, 0.6) is 5.75 Å². The van der Waals surface area contributed by atoms with Crippen LogP contribution in [0.4, 0.5) is 10.3 Å². The van der Waals surface area contributed by atoms with Crippen molar-refractivity contribution in [2.75, 3.05) is 13.7 Å². The SMILES string of the molecule is COc1ccc(F)cc1C(=O)COC(=O)/C=C/c1ccc([N+](=O)[O-])o1. The lowest BCUT2D eigenvalue weighted by Crippen LogP contribution is -2.13. The molecule has 0 N–H and O–H groups in total. The highest BCUT2D eigenvalue weighted by atomic mass is 19.1. The van der Waals surface area contributed by atoms with Gasteiger partial charge >= 0.3 is 11.9 Å². The first kappa shape index (κ1) is 17.9. The molecule has 0 unspecified atom stereocenters. The fourth-order valence-corrected chi connectivity index (χ4v) is 1.84. The molecule has 0 amide bonds. The van der Waals surface area contributed by atoms with Gasteiger partial charge in [0.1, 0.15) is 22.3 Å². The van der Waals surface area contributed by atoms with E-state index in [1.165, 1.54) is 19.2 Å². The lowest BCUT2D eigenvalue weighted by molar-refractivity contribution is -0.402. The third-order valence-electron chi connectivity index (χ3n) is 2.98. The number of carbonyl (C=O) groups excluding carboxylic acids is 2. The summed E-state index contributed by atoms with van der Waals surface area (Å²) in [7, 11) is 1.32. The zero-order chi connectivity index (χ0) is 18.4. The van der Waals surface area contributed by atoms with E-state index in [-0.39, 0.29) is 17.1 Å². The molecule has 0 spiro atoms. The first-order chi connectivity index (χ1) is 11.9. The summed E-state index contributed by atoms with van der Waals surface area (Å²) in [6, 6.07) is 5.82. The molecule has 2 aromatic rings. The van der Waals surface area contributed by atoms with Crippen molar-refractivity contribution in [1.82, 2.24) is 0 Å². The van der Waals surface area contributed by atoms with Gasteiger partial charge in [0, 0.05) is 6.08 Å². The Labute approximate surface area is 140 Å². The van der Waals surface area contributed by atoms with Crippen molar-refractivity contribution in [3.05, 3.63) is 63.7 Å². The van der Waals surface area contributed by atoms with Gasteiger partial charge in [-0.15, -0.1) is 0 Å². The number of hydrogen-bond donors (Lipinski definition) is 0. The highest BCUT2D eigenvalue weighted by Gasteiger charge is 2.15. The van der Waals surface area contributed by atoms with Gasteiger partial charge in [-0.25, -0.2) is 9.18 Å². The van der Waals surface area contributed by atoms with Gasteiger partial charge in [-0.3, -0.25) is 14.9 Å². The van der Waals surface area contributed by atoms with E-state index in [4.69, 9.17) is 13.9 Å². The van der Waals surface area contributed by atoms with Gasteiger partial charge < -0.3 is 13.9 Å². The highest BCUT2D eigenvalue weighted by Crippen LogP contribution is 2.20. The molecule has 0 aliphatic heterocycles. The van der Waals surface area contributed by atoms with Crippen LogP contribution in [0.15, 0.2) is 40.8 Å². The fourth-order valence-electron chi connectivity index (χ4n) is 1.84. The molecule has 1 heterocycles.